The Bertz CT molecular complexity index is 954. The van der Waals surface area contributed by atoms with E-state index < -0.39 is 0 Å². The Morgan fingerprint density at radius 3 is 2.47 bits per heavy atom. The highest BCUT2D eigenvalue weighted by Gasteiger charge is 2.03. The van der Waals surface area contributed by atoms with Crippen molar-refractivity contribution in [2.75, 3.05) is 6.61 Å². The van der Waals surface area contributed by atoms with E-state index in [1.165, 1.54) is 6.08 Å². The molecule has 2 aromatic carbocycles. The molecule has 3 rings (SSSR count). The molecular weight excluding hydrogens is 376 g/mol. The van der Waals surface area contributed by atoms with Crippen molar-refractivity contribution in [2.45, 2.75) is 26.7 Å². The molecular formula is C25H26N2O3. The van der Waals surface area contributed by atoms with Gasteiger partial charge in [0.1, 0.15) is 12.4 Å². The molecule has 30 heavy (non-hydrogen) atoms. The number of benzene rings is 2. The summed E-state index contributed by atoms with van der Waals surface area (Å²) in [6.45, 7) is 4.06. The molecule has 0 bridgehead atoms. The Labute approximate surface area is 177 Å². The zero-order valence-electron chi connectivity index (χ0n) is 17.1. The Kier molecular flexibility index (Phi) is 8.18. The molecule has 0 saturated carbocycles. The monoisotopic (exact) mass is 402 g/mol. The van der Waals surface area contributed by atoms with Crippen molar-refractivity contribution < 1.29 is 14.3 Å². The summed E-state index contributed by atoms with van der Waals surface area (Å²) in [5.41, 5.74) is 3.94. The molecule has 5 heteroatoms. The third kappa shape index (κ3) is 6.87. The molecule has 0 unspecified atom stereocenters. The van der Waals surface area contributed by atoms with E-state index in [1.54, 1.807) is 12.3 Å². The molecule has 1 amide bonds. The number of pyridine rings is 1. The quantitative estimate of drug-likeness (QED) is 0.506. The van der Waals surface area contributed by atoms with E-state index in [0.29, 0.717) is 26.4 Å². The zero-order valence-corrected chi connectivity index (χ0v) is 17.1. The van der Waals surface area contributed by atoms with Crippen LogP contribution in [0.4, 0.5) is 0 Å². The van der Waals surface area contributed by atoms with Gasteiger partial charge < -0.3 is 14.8 Å². The van der Waals surface area contributed by atoms with Crippen LogP contribution in [0.15, 0.2) is 79.0 Å². The van der Waals surface area contributed by atoms with E-state index in [9.17, 15) is 4.79 Å². The number of carbonyl (C=O) groups excluding carboxylic acids is 1. The lowest BCUT2D eigenvalue weighted by atomic mass is 10.1. The first-order valence-electron chi connectivity index (χ1n) is 9.98. The van der Waals surface area contributed by atoms with Gasteiger partial charge in [0.2, 0.25) is 5.91 Å². The van der Waals surface area contributed by atoms with Gasteiger partial charge in [-0.25, -0.2) is 0 Å². The van der Waals surface area contributed by atoms with E-state index in [1.807, 2.05) is 73.7 Å². The van der Waals surface area contributed by atoms with Gasteiger partial charge in [0.25, 0.3) is 0 Å². The Balaban J connectivity index is 1.48. The molecule has 0 radical (unpaired) electrons. The van der Waals surface area contributed by atoms with Crippen LogP contribution in [0.2, 0.25) is 0 Å². The maximum atomic E-state index is 12.2. The summed E-state index contributed by atoms with van der Waals surface area (Å²) in [6, 6.07) is 21.3. The van der Waals surface area contributed by atoms with Crippen molar-refractivity contribution in [1.82, 2.24) is 10.3 Å². The topological polar surface area (TPSA) is 60.5 Å². The fraction of sp³-hybridized carbons (Fsp3) is 0.200. The maximum Gasteiger partial charge on any atom is 0.244 e. The van der Waals surface area contributed by atoms with Gasteiger partial charge in [0, 0.05) is 25.4 Å². The van der Waals surface area contributed by atoms with Crippen molar-refractivity contribution >= 4 is 12.0 Å². The molecule has 0 aliphatic heterocycles. The fourth-order valence-electron chi connectivity index (χ4n) is 2.81. The van der Waals surface area contributed by atoms with Crippen molar-refractivity contribution in [3.63, 3.8) is 0 Å². The van der Waals surface area contributed by atoms with Gasteiger partial charge in [-0.1, -0.05) is 42.5 Å². The van der Waals surface area contributed by atoms with Crippen LogP contribution in [0.3, 0.4) is 0 Å². The fourth-order valence-corrected chi connectivity index (χ4v) is 2.81. The summed E-state index contributed by atoms with van der Waals surface area (Å²) in [5, 5.41) is 2.92. The van der Waals surface area contributed by atoms with Crippen LogP contribution in [-0.4, -0.2) is 17.5 Å². The molecule has 1 N–H and O–H groups in total. The van der Waals surface area contributed by atoms with Gasteiger partial charge in [0.05, 0.1) is 12.3 Å². The van der Waals surface area contributed by atoms with Crippen LogP contribution >= 0.6 is 0 Å². The number of carbonyl (C=O) groups is 1. The SMILES string of the molecule is CCOCc1ccccc1CNC(=O)/C=C/c1ccc(OCc2ccccn2)cc1. The van der Waals surface area contributed by atoms with Crippen molar-refractivity contribution in [1.29, 1.82) is 0 Å². The Morgan fingerprint density at radius 2 is 1.73 bits per heavy atom. The summed E-state index contributed by atoms with van der Waals surface area (Å²) in [4.78, 5) is 16.4. The first-order valence-corrected chi connectivity index (χ1v) is 9.98. The standard InChI is InChI=1S/C25H26N2O3/c1-2-29-18-22-8-4-3-7-21(22)17-27-25(28)15-12-20-10-13-24(14-11-20)30-19-23-9-5-6-16-26-23/h3-16H,2,17-19H2,1H3,(H,27,28)/b15-12+. The van der Waals surface area contributed by atoms with Crippen LogP contribution in [-0.2, 0) is 29.3 Å². The Morgan fingerprint density at radius 1 is 0.967 bits per heavy atom. The predicted molar refractivity (Wildman–Crippen MR) is 118 cm³/mol. The average Bonchev–Trinajstić information content (AvgIpc) is 2.80. The predicted octanol–water partition coefficient (Wildman–Crippen LogP) is 4.53. The van der Waals surface area contributed by atoms with Crippen molar-refractivity contribution in [3.05, 3.63) is 101 Å². The van der Waals surface area contributed by atoms with Crippen LogP contribution in [0.1, 0.15) is 29.3 Å². The number of aromatic nitrogens is 1. The molecule has 0 saturated heterocycles. The lowest BCUT2D eigenvalue weighted by molar-refractivity contribution is -0.116. The van der Waals surface area contributed by atoms with Gasteiger partial charge in [0.15, 0.2) is 0 Å². The number of rotatable bonds is 10. The lowest BCUT2D eigenvalue weighted by Crippen LogP contribution is -2.21. The van der Waals surface area contributed by atoms with Crippen LogP contribution in [0, 0.1) is 0 Å². The highest BCUT2D eigenvalue weighted by atomic mass is 16.5. The third-order valence-corrected chi connectivity index (χ3v) is 4.45. The van der Waals surface area contributed by atoms with Crippen LogP contribution in [0.5, 0.6) is 5.75 Å². The first kappa shape index (κ1) is 21.3. The second-order valence-corrected chi connectivity index (χ2v) is 6.64. The highest BCUT2D eigenvalue weighted by molar-refractivity contribution is 5.91. The van der Waals surface area contributed by atoms with Gasteiger partial charge in [-0.2, -0.15) is 0 Å². The van der Waals surface area contributed by atoms with Gasteiger partial charge in [-0.05, 0) is 54.0 Å². The number of hydrogen-bond acceptors (Lipinski definition) is 4. The van der Waals surface area contributed by atoms with Gasteiger partial charge in [-0.3, -0.25) is 9.78 Å². The molecule has 0 aliphatic rings. The maximum absolute atomic E-state index is 12.2. The number of nitrogens with one attached hydrogen (secondary N) is 1. The minimum atomic E-state index is -0.142. The number of hydrogen-bond donors (Lipinski definition) is 1. The zero-order chi connectivity index (χ0) is 21.0. The van der Waals surface area contributed by atoms with E-state index in [-0.39, 0.29) is 5.91 Å². The molecule has 0 spiro atoms. The summed E-state index contributed by atoms with van der Waals surface area (Å²) in [6.07, 6.45) is 5.06. The summed E-state index contributed by atoms with van der Waals surface area (Å²) in [5.74, 6) is 0.616. The molecule has 0 aliphatic carbocycles. The van der Waals surface area contributed by atoms with E-state index in [4.69, 9.17) is 9.47 Å². The van der Waals surface area contributed by atoms with Crippen LogP contribution < -0.4 is 10.1 Å². The summed E-state index contributed by atoms with van der Waals surface area (Å²) in [7, 11) is 0. The van der Waals surface area contributed by atoms with Crippen molar-refractivity contribution in [2.24, 2.45) is 0 Å². The molecule has 1 heterocycles. The average molecular weight is 402 g/mol. The van der Waals surface area contributed by atoms with Gasteiger partial charge >= 0.3 is 0 Å². The summed E-state index contributed by atoms with van der Waals surface area (Å²) >= 11 is 0. The molecule has 0 fully saturated rings. The molecule has 154 valence electrons. The molecule has 0 atom stereocenters. The number of ether oxygens (including phenoxy) is 2. The van der Waals surface area contributed by atoms with E-state index >= 15 is 0 Å². The molecule has 5 nitrogen and oxygen atoms in total. The number of amides is 1. The highest BCUT2D eigenvalue weighted by Crippen LogP contribution is 2.15. The third-order valence-electron chi connectivity index (χ3n) is 4.45. The molecule has 3 aromatic rings. The van der Waals surface area contributed by atoms with E-state index in [0.717, 1.165) is 28.1 Å². The largest absolute Gasteiger partial charge is 0.487 e. The van der Waals surface area contributed by atoms with Crippen LogP contribution in [0.25, 0.3) is 6.08 Å². The van der Waals surface area contributed by atoms with Crippen molar-refractivity contribution in [3.8, 4) is 5.75 Å². The lowest BCUT2D eigenvalue weighted by Gasteiger charge is -2.09. The smallest absolute Gasteiger partial charge is 0.244 e. The van der Waals surface area contributed by atoms with E-state index in [2.05, 4.69) is 10.3 Å². The van der Waals surface area contributed by atoms with Gasteiger partial charge in [-0.15, -0.1) is 0 Å². The second kappa shape index (κ2) is 11.5. The molecule has 1 aromatic heterocycles. The second-order valence-electron chi connectivity index (χ2n) is 6.64. The Hall–Kier alpha value is -3.44. The minimum Gasteiger partial charge on any atom is -0.487 e. The minimum absolute atomic E-state index is 0.142. The summed E-state index contributed by atoms with van der Waals surface area (Å²) < 4.78 is 11.2. The first-order chi connectivity index (χ1) is 14.7. The normalized spacial score (nSPS) is 10.8. The number of nitrogens with zero attached hydrogens (tertiary/aromatic N) is 1.